The molecular formula is C16H22N4O. The summed E-state index contributed by atoms with van der Waals surface area (Å²) in [6, 6.07) is 9.83. The highest BCUT2D eigenvalue weighted by atomic mass is 16.5. The second-order valence-corrected chi connectivity index (χ2v) is 5.83. The number of aromatic nitrogens is 2. The van der Waals surface area contributed by atoms with E-state index in [9.17, 15) is 0 Å². The zero-order valence-electron chi connectivity index (χ0n) is 13.0. The van der Waals surface area contributed by atoms with Crippen LogP contribution in [0.15, 0.2) is 36.7 Å². The fraction of sp³-hybridized carbons (Fsp3) is 0.375. The molecule has 1 heterocycles. The van der Waals surface area contributed by atoms with E-state index in [0.29, 0.717) is 6.54 Å². The van der Waals surface area contributed by atoms with Gasteiger partial charge in [0.2, 0.25) is 0 Å². The predicted octanol–water partition coefficient (Wildman–Crippen LogP) is 3.31. The summed E-state index contributed by atoms with van der Waals surface area (Å²) >= 11 is 0. The SMILES string of the molecule is COc1ccccc1CNc1cc(NC(C)(C)C)ncn1. The molecule has 0 saturated heterocycles. The van der Waals surface area contributed by atoms with Crippen molar-refractivity contribution in [3.8, 4) is 5.75 Å². The first-order chi connectivity index (χ1) is 9.98. The van der Waals surface area contributed by atoms with Crippen LogP contribution in [0.5, 0.6) is 5.75 Å². The van der Waals surface area contributed by atoms with E-state index in [1.807, 2.05) is 30.3 Å². The summed E-state index contributed by atoms with van der Waals surface area (Å²) in [6.07, 6.45) is 1.55. The lowest BCUT2D eigenvalue weighted by Crippen LogP contribution is -2.26. The van der Waals surface area contributed by atoms with Gasteiger partial charge in [-0.05, 0) is 26.8 Å². The maximum Gasteiger partial charge on any atom is 0.131 e. The monoisotopic (exact) mass is 286 g/mol. The summed E-state index contributed by atoms with van der Waals surface area (Å²) < 4.78 is 5.34. The van der Waals surface area contributed by atoms with Crippen LogP contribution in [0.1, 0.15) is 26.3 Å². The lowest BCUT2D eigenvalue weighted by molar-refractivity contribution is 0.410. The van der Waals surface area contributed by atoms with Crippen molar-refractivity contribution in [2.24, 2.45) is 0 Å². The molecule has 5 nitrogen and oxygen atoms in total. The molecule has 0 radical (unpaired) electrons. The molecule has 1 aromatic carbocycles. The van der Waals surface area contributed by atoms with Crippen molar-refractivity contribution in [1.29, 1.82) is 0 Å². The minimum absolute atomic E-state index is 0.0335. The number of hydrogen-bond donors (Lipinski definition) is 2. The first-order valence-corrected chi connectivity index (χ1v) is 6.94. The standard InChI is InChI=1S/C16H22N4O/c1-16(2,3)20-15-9-14(18-11-19-15)17-10-12-7-5-6-8-13(12)21-4/h5-9,11H,10H2,1-4H3,(H2,17,18,19,20). The first kappa shape index (κ1) is 15.1. The molecule has 112 valence electrons. The fourth-order valence-corrected chi connectivity index (χ4v) is 1.94. The van der Waals surface area contributed by atoms with Crippen LogP contribution >= 0.6 is 0 Å². The average molecular weight is 286 g/mol. The van der Waals surface area contributed by atoms with E-state index in [2.05, 4.69) is 41.4 Å². The Morgan fingerprint density at radius 2 is 1.81 bits per heavy atom. The van der Waals surface area contributed by atoms with E-state index in [1.165, 1.54) is 0 Å². The van der Waals surface area contributed by atoms with Crippen molar-refractivity contribution in [2.75, 3.05) is 17.7 Å². The number of anilines is 2. The maximum atomic E-state index is 5.34. The molecule has 0 aliphatic heterocycles. The van der Waals surface area contributed by atoms with Gasteiger partial charge in [-0.3, -0.25) is 0 Å². The van der Waals surface area contributed by atoms with E-state index >= 15 is 0 Å². The van der Waals surface area contributed by atoms with Crippen LogP contribution < -0.4 is 15.4 Å². The summed E-state index contributed by atoms with van der Waals surface area (Å²) in [7, 11) is 1.68. The van der Waals surface area contributed by atoms with Gasteiger partial charge in [0.15, 0.2) is 0 Å². The van der Waals surface area contributed by atoms with Crippen molar-refractivity contribution in [3.05, 3.63) is 42.2 Å². The molecule has 2 aromatic rings. The van der Waals surface area contributed by atoms with Gasteiger partial charge in [-0.2, -0.15) is 0 Å². The van der Waals surface area contributed by atoms with Gasteiger partial charge in [0.1, 0.15) is 23.7 Å². The molecule has 2 rings (SSSR count). The molecule has 5 heteroatoms. The Labute approximate surface area is 125 Å². The molecule has 0 bridgehead atoms. The van der Waals surface area contributed by atoms with Gasteiger partial charge in [-0.15, -0.1) is 0 Å². The van der Waals surface area contributed by atoms with Crippen molar-refractivity contribution in [1.82, 2.24) is 9.97 Å². The topological polar surface area (TPSA) is 59.1 Å². The summed E-state index contributed by atoms with van der Waals surface area (Å²) in [6.45, 7) is 6.93. The second-order valence-electron chi connectivity index (χ2n) is 5.83. The van der Waals surface area contributed by atoms with Crippen molar-refractivity contribution < 1.29 is 4.74 Å². The lowest BCUT2D eigenvalue weighted by Gasteiger charge is -2.21. The van der Waals surface area contributed by atoms with Crippen LogP contribution in [-0.4, -0.2) is 22.6 Å². The van der Waals surface area contributed by atoms with Crippen molar-refractivity contribution in [2.45, 2.75) is 32.9 Å². The van der Waals surface area contributed by atoms with E-state index in [-0.39, 0.29) is 5.54 Å². The van der Waals surface area contributed by atoms with Crippen LogP contribution in [-0.2, 0) is 6.54 Å². The number of methoxy groups -OCH3 is 1. The van der Waals surface area contributed by atoms with Crippen LogP contribution in [0.4, 0.5) is 11.6 Å². The molecule has 0 aliphatic carbocycles. The predicted molar refractivity (Wildman–Crippen MR) is 85.7 cm³/mol. The highest BCUT2D eigenvalue weighted by Gasteiger charge is 2.10. The van der Waals surface area contributed by atoms with E-state index in [0.717, 1.165) is 22.9 Å². The summed E-state index contributed by atoms with van der Waals surface area (Å²) in [5.74, 6) is 2.45. The van der Waals surface area contributed by atoms with E-state index in [4.69, 9.17) is 4.74 Å². The summed E-state index contributed by atoms with van der Waals surface area (Å²) in [5.41, 5.74) is 1.05. The first-order valence-electron chi connectivity index (χ1n) is 6.94. The molecule has 2 N–H and O–H groups in total. The number of rotatable bonds is 5. The van der Waals surface area contributed by atoms with Crippen LogP contribution in [0.3, 0.4) is 0 Å². The molecule has 0 saturated carbocycles. The number of nitrogens with zero attached hydrogens (tertiary/aromatic N) is 2. The summed E-state index contributed by atoms with van der Waals surface area (Å²) in [5, 5.41) is 6.62. The number of para-hydroxylation sites is 1. The average Bonchev–Trinajstić information content (AvgIpc) is 2.44. The largest absolute Gasteiger partial charge is 0.496 e. The summed E-state index contributed by atoms with van der Waals surface area (Å²) in [4.78, 5) is 8.46. The fourth-order valence-electron chi connectivity index (χ4n) is 1.94. The third-order valence-electron chi connectivity index (χ3n) is 2.82. The number of benzene rings is 1. The Kier molecular flexibility index (Phi) is 4.62. The minimum atomic E-state index is -0.0335. The van der Waals surface area contributed by atoms with Gasteiger partial charge in [0.05, 0.1) is 7.11 Å². The van der Waals surface area contributed by atoms with Gasteiger partial charge in [-0.1, -0.05) is 18.2 Å². The zero-order chi connectivity index (χ0) is 15.3. The molecule has 0 atom stereocenters. The van der Waals surface area contributed by atoms with Gasteiger partial charge >= 0.3 is 0 Å². The number of hydrogen-bond acceptors (Lipinski definition) is 5. The number of ether oxygens (including phenoxy) is 1. The molecule has 0 spiro atoms. The second kappa shape index (κ2) is 6.43. The lowest BCUT2D eigenvalue weighted by atomic mass is 10.1. The van der Waals surface area contributed by atoms with Gasteiger partial charge in [-0.25, -0.2) is 9.97 Å². The van der Waals surface area contributed by atoms with Crippen molar-refractivity contribution in [3.63, 3.8) is 0 Å². The van der Waals surface area contributed by atoms with Gasteiger partial charge in [0.25, 0.3) is 0 Å². The maximum absolute atomic E-state index is 5.34. The van der Waals surface area contributed by atoms with Crippen LogP contribution in [0.2, 0.25) is 0 Å². The third kappa shape index (κ3) is 4.63. The smallest absolute Gasteiger partial charge is 0.131 e. The molecule has 0 amide bonds. The van der Waals surface area contributed by atoms with Gasteiger partial charge < -0.3 is 15.4 Å². The normalized spacial score (nSPS) is 11.0. The third-order valence-corrected chi connectivity index (χ3v) is 2.82. The van der Waals surface area contributed by atoms with Crippen molar-refractivity contribution >= 4 is 11.6 Å². The molecule has 0 fully saturated rings. The molecule has 0 unspecified atom stereocenters. The Morgan fingerprint density at radius 3 is 2.52 bits per heavy atom. The highest BCUT2D eigenvalue weighted by molar-refractivity contribution is 5.48. The highest BCUT2D eigenvalue weighted by Crippen LogP contribution is 2.19. The van der Waals surface area contributed by atoms with E-state index in [1.54, 1.807) is 13.4 Å². The molecule has 1 aromatic heterocycles. The Hall–Kier alpha value is -2.30. The quantitative estimate of drug-likeness (QED) is 0.883. The minimum Gasteiger partial charge on any atom is -0.496 e. The molecule has 21 heavy (non-hydrogen) atoms. The number of nitrogens with one attached hydrogen (secondary N) is 2. The van der Waals surface area contributed by atoms with Gasteiger partial charge in [0, 0.05) is 23.7 Å². The van der Waals surface area contributed by atoms with E-state index < -0.39 is 0 Å². The van der Waals surface area contributed by atoms with Crippen LogP contribution in [0.25, 0.3) is 0 Å². The Balaban J connectivity index is 2.05. The molecular weight excluding hydrogens is 264 g/mol. The molecule has 0 aliphatic rings. The Morgan fingerprint density at radius 1 is 1.10 bits per heavy atom. The Bertz CT molecular complexity index is 593. The zero-order valence-corrected chi connectivity index (χ0v) is 13.0. The van der Waals surface area contributed by atoms with Crippen LogP contribution in [0, 0.1) is 0 Å².